The van der Waals surface area contributed by atoms with Crippen molar-refractivity contribution in [1.29, 1.82) is 0 Å². The molecule has 0 saturated heterocycles. The third-order valence-electron chi connectivity index (χ3n) is 1.94. The molecular weight excluding hydrogens is 266 g/mol. The topological polar surface area (TPSA) is 60.5 Å². The number of aryl methyl sites for hydroxylation is 1. The van der Waals surface area contributed by atoms with Crippen LogP contribution in [0.3, 0.4) is 0 Å². The smallest absolute Gasteiger partial charge is 0.357 e. The third kappa shape index (κ3) is 4.53. The highest BCUT2D eigenvalue weighted by Gasteiger charge is 2.15. The van der Waals surface area contributed by atoms with Gasteiger partial charge in [-0.25, -0.2) is 18.6 Å². The molecule has 0 aliphatic carbocycles. The summed E-state index contributed by atoms with van der Waals surface area (Å²) >= 11 is 1.30. The molecule has 0 spiro atoms. The van der Waals surface area contributed by atoms with E-state index in [9.17, 15) is 13.6 Å². The maximum absolute atomic E-state index is 11.8. The molecule has 18 heavy (non-hydrogen) atoms. The average Bonchev–Trinajstić information content (AvgIpc) is 2.69. The molecular formula is C10H14F2N2O3S. The van der Waals surface area contributed by atoms with Gasteiger partial charge in [0.25, 0.3) is 6.43 Å². The van der Waals surface area contributed by atoms with E-state index >= 15 is 0 Å². The molecule has 102 valence electrons. The largest absolute Gasteiger partial charge is 0.464 e. The van der Waals surface area contributed by atoms with Crippen LogP contribution in [0.2, 0.25) is 0 Å². The number of carbonyl (C=O) groups is 1. The van der Waals surface area contributed by atoms with Gasteiger partial charge >= 0.3 is 5.97 Å². The van der Waals surface area contributed by atoms with E-state index in [2.05, 4.69) is 15.0 Å². The Morgan fingerprint density at radius 3 is 2.89 bits per heavy atom. The molecule has 0 bridgehead atoms. The van der Waals surface area contributed by atoms with Crippen LogP contribution in [0.4, 0.5) is 13.9 Å². The van der Waals surface area contributed by atoms with E-state index in [1.54, 1.807) is 6.92 Å². The van der Waals surface area contributed by atoms with Gasteiger partial charge in [-0.2, -0.15) is 0 Å². The maximum atomic E-state index is 11.8. The Bertz CT molecular complexity index is 398. The summed E-state index contributed by atoms with van der Waals surface area (Å²) in [6, 6.07) is 0. The summed E-state index contributed by atoms with van der Waals surface area (Å²) in [7, 11) is 1.28. The molecule has 1 aromatic rings. The van der Waals surface area contributed by atoms with Crippen LogP contribution >= 0.6 is 11.3 Å². The number of ether oxygens (including phenoxy) is 2. The van der Waals surface area contributed by atoms with E-state index in [1.165, 1.54) is 18.4 Å². The zero-order valence-corrected chi connectivity index (χ0v) is 10.9. The lowest BCUT2D eigenvalue weighted by Gasteiger charge is -2.03. The summed E-state index contributed by atoms with van der Waals surface area (Å²) in [5.74, 6) is -0.495. The zero-order chi connectivity index (χ0) is 13.5. The van der Waals surface area contributed by atoms with Crippen molar-refractivity contribution >= 4 is 22.4 Å². The van der Waals surface area contributed by atoms with Gasteiger partial charge in [0.1, 0.15) is 6.61 Å². The highest BCUT2D eigenvalue weighted by molar-refractivity contribution is 7.15. The molecule has 0 aliphatic heterocycles. The third-order valence-corrected chi connectivity index (χ3v) is 2.87. The average molecular weight is 280 g/mol. The Balaban J connectivity index is 2.37. The van der Waals surface area contributed by atoms with Gasteiger partial charge in [-0.3, -0.25) is 0 Å². The second-order valence-corrected chi connectivity index (χ2v) is 4.51. The van der Waals surface area contributed by atoms with Crippen molar-refractivity contribution < 1.29 is 23.0 Å². The predicted octanol–water partition coefficient (Wildman–Crippen LogP) is 1.93. The fraction of sp³-hybridized carbons (Fsp3) is 0.600. The Morgan fingerprint density at radius 1 is 1.56 bits per heavy atom. The molecule has 1 N–H and O–H groups in total. The fourth-order valence-corrected chi connectivity index (χ4v) is 1.99. The summed E-state index contributed by atoms with van der Waals surface area (Å²) < 4.78 is 32.8. The van der Waals surface area contributed by atoms with E-state index in [0.717, 1.165) is 4.88 Å². The lowest BCUT2D eigenvalue weighted by Crippen LogP contribution is -2.13. The highest BCUT2D eigenvalue weighted by atomic mass is 32.1. The zero-order valence-electron chi connectivity index (χ0n) is 10.0. The Kier molecular flexibility index (Phi) is 5.93. The standard InChI is InChI=1S/C10H14F2N2O3S/c1-6-8(9(15)16-2)14-10(18-6)13-3-4-17-5-7(11)12/h7H,3-5H2,1-2H3,(H,13,14). The van der Waals surface area contributed by atoms with Gasteiger partial charge in [0, 0.05) is 11.4 Å². The lowest BCUT2D eigenvalue weighted by molar-refractivity contribution is 0.0215. The molecule has 8 heteroatoms. The molecule has 0 fully saturated rings. The second-order valence-electron chi connectivity index (χ2n) is 3.31. The summed E-state index contributed by atoms with van der Waals surface area (Å²) in [6.45, 7) is 1.67. The number of nitrogens with one attached hydrogen (secondary N) is 1. The molecule has 0 aromatic carbocycles. The highest BCUT2D eigenvalue weighted by Crippen LogP contribution is 2.22. The van der Waals surface area contributed by atoms with Crippen LogP contribution in [-0.2, 0) is 9.47 Å². The number of hydrogen-bond donors (Lipinski definition) is 1. The maximum Gasteiger partial charge on any atom is 0.357 e. The van der Waals surface area contributed by atoms with Crippen LogP contribution in [0.5, 0.6) is 0 Å². The van der Waals surface area contributed by atoms with Crippen molar-refractivity contribution in [3.8, 4) is 0 Å². The van der Waals surface area contributed by atoms with E-state index in [4.69, 9.17) is 4.74 Å². The van der Waals surface area contributed by atoms with Crippen LogP contribution in [0, 0.1) is 6.92 Å². The van der Waals surface area contributed by atoms with Gasteiger partial charge in [0.2, 0.25) is 0 Å². The number of aromatic nitrogens is 1. The van der Waals surface area contributed by atoms with Gasteiger partial charge in [0.15, 0.2) is 10.8 Å². The van der Waals surface area contributed by atoms with Crippen LogP contribution in [0.25, 0.3) is 0 Å². The van der Waals surface area contributed by atoms with Crippen molar-refractivity contribution in [3.05, 3.63) is 10.6 Å². The molecule has 5 nitrogen and oxygen atoms in total. The number of rotatable bonds is 7. The minimum absolute atomic E-state index is 0.149. The van der Waals surface area contributed by atoms with Gasteiger partial charge < -0.3 is 14.8 Å². The van der Waals surface area contributed by atoms with E-state index in [-0.39, 0.29) is 12.3 Å². The quantitative estimate of drug-likeness (QED) is 0.611. The number of esters is 1. The van der Waals surface area contributed by atoms with Crippen LogP contribution in [0.15, 0.2) is 0 Å². The lowest BCUT2D eigenvalue weighted by atomic mass is 10.4. The molecule has 0 unspecified atom stereocenters. The van der Waals surface area contributed by atoms with E-state index < -0.39 is 19.0 Å². The van der Waals surface area contributed by atoms with Gasteiger partial charge in [-0.1, -0.05) is 0 Å². The van der Waals surface area contributed by atoms with Crippen LogP contribution < -0.4 is 5.32 Å². The molecule has 0 aliphatic rings. The fourth-order valence-electron chi connectivity index (χ4n) is 1.16. The van der Waals surface area contributed by atoms with Crippen LogP contribution in [-0.4, -0.2) is 44.2 Å². The molecule has 1 heterocycles. The van der Waals surface area contributed by atoms with E-state index in [1.807, 2.05) is 0 Å². The van der Waals surface area contributed by atoms with Gasteiger partial charge in [-0.05, 0) is 6.92 Å². The number of alkyl halides is 2. The number of thiazole rings is 1. The van der Waals surface area contributed by atoms with Crippen molar-refractivity contribution in [1.82, 2.24) is 4.98 Å². The number of anilines is 1. The first-order valence-electron chi connectivity index (χ1n) is 5.20. The monoisotopic (exact) mass is 280 g/mol. The Labute approximate surface area is 107 Å². The van der Waals surface area contributed by atoms with E-state index in [0.29, 0.717) is 11.7 Å². The SMILES string of the molecule is COC(=O)c1nc(NCCOCC(F)F)sc1C. The first-order chi connectivity index (χ1) is 8.54. The number of carbonyl (C=O) groups excluding carboxylic acids is 1. The summed E-state index contributed by atoms with van der Waals surface area (Å²) in [5, 5.41) is 3.42. The van der Waals surface area contributed by atoms with Gasteiger partial charge in [-0.15, -0.1) is 11.3 Å². The van der Waals surface area contributed by atoms with Crippen molar-refractivity contribution in [2.75, 3.05) is 32.2 Å². The van der Waals surface area contributed by atoms with Crippen molar-refractivity contribution in [2.45, 2.75) is 13.3 Å². The molecule has 0 amide bonds. The first-order valence-corrected chi connectivity index (χ1v) is 6.01. The number of hydrogen-bond acceptors (Lipinski definition) is 6. The molecule has 0 atom stereocenters. The molecule has 1 rings (SSSR count). The molecule has 1 aromatic heterocycles. The summed E-state index contributed by atoms with van der Waals surface area (Å²) in [6.07, 6.45) is -2.46. The molecule has 0 radical (unpaired) electrons. The summed E-state index contributed by atoms with van der Waals surface area (Å²) in [5.41, 5.74) is 0.262. The van der Waals surface area contributed by atoms with Crippen LogP contribution in [0.1, 0.15) is 15.4 Å². The normalized spacial score (nSPS) is 10.7. The number of nitrogens with zero attached hydrogens (tertiary/aromatic N) is 1. The van der Waals surface area contributed by atoms with Gasteiger partial charge in [0.05, 0.1) is 13.7 Å². The van der Waals surface area contributed by atoms with Crippen molar-refractivity contribution in [2.24, 2.45) is 0 Å². The minimum Gasteiger partial charge on any atom is -0.464 e. The minimum atomic E-state index is -2.46. The van der Waals surface area contributed by atoms with Crippen molar-refractivity contribution in [3.63, 3.8) is 0 Å². The Morgan fingerprint density at radius 2 is 2.28 bits per heavy atom. The number of methoxy groups -OCH3 is 1. The second kappa shape index (κ2) is 7.22. The first kappa shape index (κ1) is 14.8. The molecule has 0 saturated carbocycles. The predicted molar refractivity (Wildman–Crippen MR) is 63.5 cm³/mol. The number of halogens is 2. The summed E-state index contributed by atoms with van der Waals surface area (Å²) in [4.78, 5) is 16.1. The Hall–Kier alpha value is -1.28.